The monoisotopic (exact) mass is 122 g/mol. The van der Waals surface area contributed by atoms with Crippen LogP contribution in [-0.4, -0.2) is 20.5 Å². The number of aromatic nitrogens is 2. The quantitative estimate of drug-likeness (QED) is 0.436. The van der Waals surface area contributed by atoms with Gasteiger partial charge in [0.05, 0.1) is 6.20 Å². The summed E-state index contributed by atoms with van der Waals surface area (Å²) in [5, 5.41) is 5.31. The highest BCUT2D eigenvalue weighted by Crippen LogP contribution is 1.78. The van der Waals surface area contributed by atoms with Crippen molar-refractivity contribution in [1.29, 1.82) is 0 Å². The Morgan fingerprint density at radius 3 is 2.14 bits per heavy atom. The van der Waals surface area contributed by atoms with Crippen LogP contribution in [0.1, 0.15) is 0 Å². The first kappa shape index (κ1) is 9.70. The molecule has 1 aromatic heterocycles. The first-order valence-corrected chi connectivity index (χ1v) is 2.05. The van der Waals surface area contributed by atoms with Crippen molar-refractivity contribution in [3.8, 4) is 0 Å². The van der Waals surface area contributed by atoms with Crippen LogP contribution in [0.15, 0.2) is 11.6 Å². The van der Waals surface area contributed by atoms with Gasteiger partial charge in [0.15, 0.2) is 0 Å². The molecular weight excluding hydrogens is 116 g/mol. The zero-order chi connectivity index (χ0) is 3.54. The molecule has 0 fully saturated rings. The van der Waals surface area contributed by atoms with Gasteiger partial charge < -0.3 is 11.0 Å². The molecule has 0 aliphatic heterocycles. The standard InChI is InChI=1S/C2H2N2S.2H2O/c1-2-5-4-3-1;;/h1-2H;2*1H2. The average Bonchev–Trinajstić information content (AvgIpc) is 1.76. The van der Waals surface area contributed by atoms with Crippen molar-refractivity contribution in [2.24, 2.45) is 0 Å². The van der Waals surface area contributed by atoms with Gasteiger partial charge in [0, 0.05) is 5.38 Å². The molecule has 5 heteroatoms. The van der Waals surface area contributed by atoms with E-state index in [4.69, 9.17) is 0 Å². The molecule has 1 aromatic rings. The molecule has 7 heavy (non-hydrogen) atoms. The van der Waals surface area contributed by atoms with Crippen molar-refractivity contribution in [3.63, 3.8) is 0 Å². The normalized spacial score (nSPS) is 5.71. The molecule has 0 spiro atoms. The molecule has 0 saturated heterocycles. The lowest BCUT2D eigenvalue weighted by molar-refractivity contribution is 0.823. The second-order valence-electron chi connectivity index (χ2n) is 0.588. The van der Waals surface area contributed by atoms with Crippen molar-refractivity contribution in [1.82, 2.24) is 9.59 Å². The van der Waals surface area contributed by atoms with Gasteiger partial charge in [-0.1, -0.05) is 4.49 Å². The third kappa shape index (κ3) is 3.31. The van der Waals surface area contributed by atoms with Crippen molar-refractivity contribution in [2.45, 2.75) is 0 Å². The van der Waals surface area contributed by atoms with E-state index in [9.17, 15) is 0 Å². The Balaban J connectivity index is 0. The molecule has 0 aliphatic carbocycles. The fraction of sp³-hybridized carbons (Fsp3) is 0. The maximum atomic E-state index is 3.51. The van der Waals surface area contributed by atoms with Crippen molar-refractivity contribution in [3.05, 3.63) is 11.6 Å². The number of hydrogen-bond acceptors (Lipinski definition) is 3. The molecule has 1 rings (SSSR count). The molecule has 0 aromatic carbocycles. The second-order valence-corrected chi connectivity index (χ2v) is 1.23. The molecule has 0 unspecified atom stereocenters. The SMILES string of the molecule is O.O.c1csnn1. The van der Waals surface area contributed by atoms with E-state index in [0.717, 1.165) is 0 Å². The molecular formula is C2H6N2O2S. The molecule has 4 nitrogen and oxygen atoms in total. The molecule has 0 amide bonds. The molecule has 42 valence electrons. The van der Waals surface area contributed by atoms with E-state index in [2.05, 4.69) is 9.59 Å². The van der Waals surface area contributed by atoms with Crippen LogP contribution in [0.5, 0.6) is 0 Å². The van der Waals surface area contributed by atoms with E-state index in [1.165, 1.54) is 11.5 Å². The maximum Gasteiger partial charge on any atom is 0.0620 e. The lowest BCUT2D eigenvalue weighted by atomic mass is 11.1. The van der Waals surface area contributed by atoms with E-state index in [-0.39, 0.29) is 11.0 Å². The van der Waals surface area contributed by atoms with Crippen molar-refractivity contribution in [2.75, 3.05) is 0 Å². The van der Waals surface area contributed by atoms with Gasteiger partial charge in [-0.05, 0) is 11.5 Å². The summed E-state index contributed by atoms with van der Waals surface area (Å²) in [6, 6.07) is 0. The number of hydrogen-bond donors (Lipinski definition) is 0. The largest absolute Gasteiger partial charge is 0.412 e. The Hall–Kier alpha value is -0.520. The zero-order valence-electron chi connectivity index (χ0n) is 3.46. The predicted octanol–water partition coefficient (Wildman–Crippen LogP) is -1.11. The minimum absolute atomic E-state index is 0. The van der Waals surface area contributed by atoms with Crippen LogP contribution in [0, 0.1) is 0 Å². The van der Waals surface area contributed by atoms with Crippen LogP contribution in [0.3, 0.4) is 0 Å². The summed E-state index contributed by atoms with van der Waals surface area (Å²) in [5.74, 6) is 0. The Kier molecular flexibility index (Phi) is 7.59. The molecule has 0 bridgehead atoms. The Morgan fingerprint density at radius 1 is 1.29 bits per heavy atom. The summed E-state index contributed by atoms with van der Waals surface area (Å²) in [7, 11) is 0. The first-order chi connectivity index (χ1) is 2.50. The van der Waals surface area contributed by atoms with Crippen molar-refractivity contribution >= 4 is 11.5 Å². The topological polar surface area (TPSA) is 88.8 Å². The van der Waals surface area contributed by atoms with Gasteiger partial charge in [0.25, 0.3) is 0 Å². The van der Waals surface area contributed by atoms with Gasteiger partial charge in [0.2, 0.25) is 0 Å². The lowest BCUT2D eigenvalue weighted by Crippen LogP contribution is -1.51. The predicted molar refractivity (Wildman–Crippen MR) is 27.1 cm³/mol. The third-order valence-corrected chi connectivity index (χ3v) is 0.715. The summed E-state index contributed by atoms with van der Waals surface area (Å²) >= 11 is 1.35. The minimum Gasteiger partial charge on any atom is -0.412 e. The molecule has 0 aliphatic rings. The highest BCUT2D eigenvalue weighted by atomic mass is 32.1. The highest BCUT2D eigenvalue weighted by molar-refractivity contribution is 7.03. The average molecular weight is 122 g/mol. The summed E-state index contributed by atoms with van der Waals surface area (Å²) < 4.78 is 3.51. The van der Waals surface area contributed by atoms with Crippen LogP contribution in [0.2, 0.25) is 0 Å². The smallest absolute Gasteiger partial charge is 0.0620 e. The van der Waals surface area contributed by atoms with Crippen LogP contribution in [-0.2, 0) is 0 Å². The van der Waals surface area contributed by atoms with E-state index in [1.54, 1.807) is 6.20 Å². The summed E-state index contributed by atoms with van der Waals surface area (Å²) in [6.07, 6.45) is 1.66. The third-order valence-electron chi connectivity index (χ3n) is 0.283. The fourth-order valence-corrected chi connectivity index (χ4v) is 0.408. The van der Waals surface area contributed by atoms with E-state index < -0.39 is 0 Å². The second kappa shape index (κ2) is 5.48. The Labute approximate surface area is 44.6 Å². The molecule has 0 saturated carbocycles. The van der Waals surface area contributed by atoms with Gasteiger partial charge in [-0.15, -0.1) is 5.10 Å². The van der Waals surface area contributed by atoms with Crippen molar-refractivity contribution < 1.29 is 11.0 Å². The van der Waals surface area contributed by atoms with E-state index >= 15 is 0 Å². The van der Waals surface area contributed by atoms with Gasteiger partial charge in [0.1, 0.15) is 0 Å². The maximum absolute atomic E-state index is 3.51. The van der Waals surface area contributed by atoms with E-state index in [0.29, 0.717) is 0 Å². The van der Waals surface area contributed by atoms with Gasteiger partial charge in [-0.2, -0.15) is 0 Å². The summed E-state index contributed by atoms with van der Waals surface area (Å²) in [5.41, 5.74) is 0. The van der Waals surface area contributed by atoms with E-state index in [1.807, 2.05) is 5.38 Å². The van der Waals surface area contributed by atoms with Gasteiger partial charge in [-0.25, -0.2) is 0 Å². The molecule has 0 atom stereocenters. The Morgan fingerprint density at radius 2 is 2.00 bits per heavy atom. The van der Waals surface area contributed by atoms with Crippen LogP contribution in [0.4, 0.5) is 0 Å². The summed E-state index contributed by atoms with van der Waals surface area (Å²) in [4.78, 5) is 0. The van der Waals surface area contributed by atoms with Crippen LogP contribution < -0.4 is 0 Å². The van der Waals surface area contributed by atoms with Gasteiger partial charge in [-0.3, -0.25) is 0 Å². The first-order valence-electron chi connectivity index (χ1n) is 1.21. The number of rotatable bonds is 0. The molecule has 1 heterocycles. The highest BCUT2D eigenvalue weighted by Gasteiger charge is 1.61. The number of nitrogens with zero attached hydrogens (tertiary/aromatic N) is 2. The van der Waals surface area contributed by atoms with Crippen LogP contribution in [0.25, 0.3) is 0 Å². The molecule has 0 radical (unpaired) electrons. The Bertz CT molecular complexity index is 70.2. The minimum atomic E-state index is 0. The fourth-order valence-electron chi connectivity index (χ4n) is 0.136. The van der Waals surface area contributed by atoms with Gasteiger partial charge >= 0.3 is 0 Å². The summed E-state index contributed by atoms with van der Waals surface area (Å²) in [6.45, 7) is 0. The van der Waals surface area contributed by atoms with Crippen LogP contribution >= 0.6 is 11.5 Å². The molecule has 4 N–H and O–H groups in total. The zero-order valence-corrected chi connectivity index (χ0v) is 4.27. The lowest BCUT2D eigenvalue weighted by Gasteiger charge is -1.40.